The van der Waals surface area contributed by atoms with Gasteiger partial charge in [0.05, 0.1) is 17.3 Å². The van der Waals surface area contributed by atoms with Crippen LogP contribution in [-0.4, -0.2) is 36.4 Å². The molecule has 3 aromatic heterocycles. The van der Waals surface area contributed by atoms with Gasteiger partial charge in [-0.05, 0) is 55.7 Å². The maximum absolute atomic E-state index is 14.1. The van der Waals surface area contributed by atoms with Crippen molar-refractivity contribution in [2.45, 2.75) is 42.9 Å². The molecule has 3 heterocycles. The number of nitrogens with two attached hydrogens (primary N) is 1. The lowest BCUT2D eigenvalue weighted by Crippen LogP contribution is -2.44. The number of pyridine rings is 1. The van der Waals surface area contributed by atoms with Gasteiger partial charge in [-0.3, -0.25) is 9.36 Å². The van der Waals surface area contributed by atoms with Crippen LogP contribution in [0.25, 0.3) is 27.8 Å². The zero-order chi connectivity index (χ0) is 23.8. The van der Waals surface area contributed by atoms with Crippen molar-refractivity contribution < 1.29 is 4.39 Å². The van der Waals surface area contributed by atoms with E-state index in [2.05, 4.69) is 15.0 Å². The molecule has 1 aromatic carbocycles. The predicted octanol–water partition coefficient (Wildman–Crippen LogP) is 3.31. The highest BCUT2D eigenvalue weighted by molar-refractivity contribution is 7.98. The van der Waals surface area contributed by atoms with E-state index in [0.29, 0.717) is 23.7 Å². The number of thioether (sulfide) groups is 1. The fourth-order valence-corrected chi connectivity index (χ4v) is 4.81. The number of aromatic nitrogens is 5. The monoisotopic (exact) mass is 478 g/mol. The molecule has 0 saturated heterocycles. The van der Waals surface area contributed by atoms with Gasteiger partial charge in [0.15, 0.2) is 10.8 Å². The predicted molar refractivity (Wildman–Crippen MR) is 130 cm³/mol. The van der Waals surface area contributed by atoms with Gasteiger partial charge >= 0.3 is 5.69 Å². The van der Waals surface area contributed by atoms with Crippen LogP contribution in [0.1, 0.15) is 31.7 Å². The Balaban J connectivity index is 1.72. The Morgan fingerprint density at radius 3 is 2.44 bits per heavy atom. The highest BCUT2D eigenvalue weighted by Crippen LogP contribution is 2.27. The van der Waals surface area contributed by atoms with Gasteiger partial charge < -0.3 is 5.73 Å². The number of hydrogen-bond acceptors (Lipinski definition) is 7. The molecule has 2 N–H and O–H groups in total. The highest BCUT2D eigenvalue weighted by atomic mass is 32.2. The number of halogens is 1. The van der Waals surface area contributed by atoms with Crippen molar-refractivity contribution >= 4 is 22.8 Å². The Morgan fingerprint density at radius 2 is 1.74 bits per heavy atom. The molecule has 1 fully saturated rings. The van der Waals surface area contributed by atoms with E-state index in [4.69, 9.17) is 5.73 Å². The standard InChI is InChI=1S/C24H23FN6O2S/c1-34-23-28-11-15(12-29-23)14-3-2-4-19(9-14)30-21-20(10-16(25)13-27-21)22(32)31(24(30)33)18-7-5-17(26)6-8-18/h2-4,9-13,17-18H,5-8,26H2,1H3. The number of fused-ring (bicyclic) bond motifs is 1. The second-order valence-electron chi connectivity index (χ2n) is 8.40. The second kappa shape index (κ2) is 9.11. The molecule has 5 rings (SSSR count). The van der Waals surface area contributed by atoms with E-state index < -0.39 is 17.1 Å². The van der Waals surface area contributed by atoms with Gasteiger partial charge in [-0.15, -0.1) is 0 Å². The zero-order valence-electron chi connectivity index (χ0n) is 18.5. The molecule has 10 heteroatoms. The minimum Gasteiger partial charge on any atom is -0.328 e. The van der Waals surface area contributed by atoms with Gasteiger partial charge in [0, 0.05) is 30.0 Å². The summed E-state index contributed by atoms with van der Waals surface area (Å²) in [7, 11) is 0. The molecule has 0 atom stereocenters. The summed E-state index contributed by atoms with van der Waals surface area (Å²) in [4.78, 5) is 39.8. The third kappa shape index (κ3) is 4.03. The normalized spacial score (nSPS) is 18.3. The number of rotatable bonds is 4. The van der Waals surface area contributed by atoms with Gasteiger partial charge in [0.1, 0.15) is 5.82 Å². The lowest BCUT2D eigenvalue weighted by atomic mass is 9.91. The third-order valence-electron chi connectivity index (χ3n) is 6.25. The van der Waals surface area contributed by atoms with Crippen LogP contribution >= 0.6 is 11.8 Å². The Bertz CT molecular complexity index is 1480. The van der Waals surface area contributed by atoms with E-state index in [1.807, 2.05) is 24.5 Å². The lowest BCUT2D eigenvalue weighted by molar-refractivity contribution is 0.309. The van der Waals surface area contributed by atoms with Crippen molar-refractivity contribution in [2.75, 3.05) is 6.26 Å². The van der Waals surface area contributed by atoms with Gasteiger partial charge in [0.25, 0.3) is 5.56 Å². The fraction of sp³-hybridized carbons (Fsp3) is 0.292. The lowest BCUT2D eigenvalue weighted by Gasteiger charge is -2.27. The Kier molecular flexibility index (Phi) is 6.01. The molecule has 1 saturated carbocycles. The van der Waals surface area contributed by atoms with Crippen molar-refractivity contribution in [1.29, 1.82) is 0 Å². The summed E-state index contributed by atoms with van der Waals surface area (Å²) in [5, 5.41) is 0.722. The minimum absolute atomic E-state index is 0.0603. The van der Waals surface area contributed by atoms with Gasteiger partial charge in [-0.25, -0.2) is 28.7 Å². The average molecular weight is 479 g/mol. The van der Waals surface area contributed by atoms with E-state index in [9.17, 15) is 14.0 Å². The van der Waals surface area contributed by atoms with E-state index in [-0.39, 0.29) is 23.1 Å². The van der Waals surface area contributed by atoms with Crippen LogP contribution in [0.3, 0.4) is 0 Å². The first-order chi connectivity index (χ1) is 16.5. The molecule has 0 aliphatic heterocycles. The molecule has 0 radical (unpaired) electrons. The smallest absolute Gasteiger partial charge is 0.328 e. The van der Waals surface area contributed by atoms with Crippen molar-refractivity contribution in [3.63, 3.8) is 0 Å². The number of nitrogens with zero attached hydrogens (tertiary/aromatic N) is 5. The molecular weight excluding hydrogens is 455 g/mol. The summed E-state index contributed by atoms with van der Waals surface area (Å²) < 4.78 is 16.7. The van der Waals surface area contributed by atoms with Crippen molar-refractivity contribution in [3.8, 4) is 16.8 Å². The molecular formula is C24H23FN6O2S. The van der Waals surface area contributed by atoms with Gasteiger partial charge in [0.2, 0.25) is 0 Å². The Hall–Kier alpha value is -3.37. The summed E-state index contributed by atoms with van der Waals surface area (Å²) >= 11 is 1.45. The van der Waals surface area contributed by atoms with Crippen molar-refractivity contribution in [3.05, 3.63) is 75.6 Å². The van der Waals surface area contributed by atoms with Crippen molar-refractivity contribution in [2.24, 2.45) is 5.73 Å². The summed E-state index contributed by atoms with van der Waals surface area (Å²) in [5.74, 6) is -0.633. The highest BCUT2D eigenvalue weighted by Gasteiger charge is 2.26. The third-order valence-corrected chi connectivity index (χ3v) is 6.82. The van der Waals surface area contributed by atoms with E-state index in [1.165, 1.54) is 20.9 Å². The molecule has 174 valence electrons. The second-order valence-corrected chi connectivity index (χ2v) is 9.17. The molecule has 8 nitrogen and oxygen atoms in total. The quantitative estimate of drug-likeness (QED) is 0.354. The van der Waals surface area contributed by atoms with Crippen LogP contribution in [0.4, 0.5) is 4.39 Å². The number of hydrogen-bond donors (Lipinski definition) is 1. The van der Waals surface area contributed by atoms with Crippen LogP contribution in [0.15, 0.2) is 63.7 Å². The molecule has 1 aliphatic carbocycles. The topological polar surface area (TPSA) is 109 Å². The van der Waals surface area contributed by atoms with Gasteiger partial charge in [-0.2, -0.15) is 0 Å². The van der Waals surface area contributed by atoms with Crippen LogP contribution < -0.4 is 17.0 Å². The summed E-state index contributed by atoms with van der Waals surface area (Å²) in [6.07, 6.45) is 9.03. The van der Waals surface area contributed by atoms with Crippen LogP contribution in [0.5, 0.6) is 0 Å². The first-order valence-corrected chi connectivity index (χ1v) is 12.2. The molecule has 0 bridgehead atoms. The fourth-order valence-electron chi connectivity index (χ4n) is 4.49. The SMILES string of the molecule is CSc1ncc(-c2cccc(-n3c(=O)n(C4CCC(N)CC4)c(=O)c4cc(F)cnc43)c2)cn1. The molecule has 34 heavy (non-hydrogen) atoms. The molecule has 0 amide bonds. The minimum atomic E-state index is -0.633. The first-order valence-electron chi connectivity index (χ1n) is 11.0. The van der Waals surface area contributed by atoms with Crippen LogP contribution in [0.2, 0.25) is 0 Å². The first kappa shape index (κ1) is 22.4. The largest absolute Gasteiger partial charge is 0.337 e. The Morgan fingerprint density at radius 1 is 1.00 bits per heavy atom. The zero-order valence-corrected chi connectivity index (χ0v) is 19.3. The molecule has 0 unspecified atom stereocenters. The molecule has 4 aromatic rings. The van der Waals surface area contributed by atoms with Crippen LogP contribution in [0, 0.1) is 5.82 Å². The average Bonchev–Trinajstić information content (AvgIpc) is 2.86. The maximum Gasteiger partial charge on any atom is 0.337 e. The van der Waals surface area contributed by atoms with Crippen molar-refractivity contribution in [1.82, 2.24) is 24.1 Å². The maximum atomic E-state index is 14.1. The summed E-state index contributed by atoms with van der Waals surface area (Å²) in [5.41, 5.74) is 7.22. The van der Waals surface area contributed by atoms with Gasteiger partial charge in [-0.1, -0.05) is 23.9 Å². The number of benzene rings is 1. The van der Waals surface area contributed by atoms with E-state index in [0.717, 1.165) is 36.2 Å². The van der Waals surface area contributed by atoms with E-state index >= 15 is 0 Å². The molecule has 0 spiro atoms. The van der Waals surface area contributed by atoms with E-state index in [1.54, 1.807) is 18.5 Å². The Labute approximate surface area is 198 Å². The summed E-state index contributed by atoms with van der Waals surface area (Å²) in [6, 6.07) is 8.18. The molecule has 1 aliphatic rings. The van der Waals surface area contributed by atoms with Crippen LogP contribution in [-0.2, 0) is 0 Å². The summed E-state index contributed by atoms with van der Waals surface area (Å²) in [6.45, 7) is 0.